The molecule has 5 heteroatoms. The molecule has 0 saturated carbocycles. The average molecular weight is 301 g/mol. The lowest BCUT2D eigenvalue weighted by Gasteiger charge is -2.35. The summed E-state index contributed by atoms with van der Waals surface area (Å²) in [6.45, 7) is 4.23. The van der Waals surface area contributed by atoms with Crippen LogP contribution in [0.5, 0.6) is 0 Å². The predicted octanol–water partition coefficient (Wildman–Crippen LogP) is 2.46. The Morgan fingerprint density at radius 1 is 1.32 bits per heavy atom. The van der Waals surface area contributed by atoms with Gasteiger partial charge in [-0.3, -0.25) is 9.78 Å². The van der Waals surface area contributed by atoms with Crippen LogP contribution in [0.1, 0.15) is 25.6 Å². The molecule has 0 fully saturated rings. The van der Waals surface area contributed by atoms with E-state index in [1.165, 1.54) is 0 Å². The van der Waals surface area contributed by atoms with Crippen molar-refractivity contribution in [2.45, 2.75) is 25.4 Å². The Labute approximate surface area is 131 Å². The van der Waals surface area contributed by atoms with Gasteiger partial charge >= 0.3 is 0 Å². The van der Waals surface area contributed by atoms with Gasteiger partial charge in [0.05, 0.1) is 18.3 Å². The van der Waals surface area contributed by atoms with Crippen molar-refractivity contribution in [3.05, 3.63) is 54.6 Å². The number of hydrogen-bond acceptors (Lipinski definition) is 3. The van der Waals surface area contributed by atoms with Crippen LogP contribution in [0.25, 0.3) is 0 Å². The molecule has 2 heterocycles. The maximum absolute atomic E-state index is 13.0. The fraction of sp³-hybridized carbons (Fsp3) is 0.412. The van der Waals surface area contributed by atoms with Gasteiger partial charge in [0, 0.05) is 32.7 Å². The zero-order valence-electron chi connectivity index (χ0n) is 13.6. The number of rotatable bonds is 6. The summed E-state index contributed by atoms with van der Waals surface area (Å²) in [6.07, 6.45) is 5.53. The van der Waals surface area contributed by atoms with Crippen molar-refractivity contribution in [1.29, 1.82) is 0 Å². The summed E-state index contributed by atoms with van der Waals surface area (Å²) in [5.41, 5.74) is 0.155. The lowest BCUT2D eigenvalue weighted by Crippen LogP contribution is -2.47. The standard InChI is InChI=1S/C17H23N3O2/c1-17(2,20-11-7-8-12-20)16(21)19(3)15(13-22-4)14-9-5-6-10-18-14/h5-12,15H,13H2,1-4H3. The topological polar surface area (TPSA) is 47.4 Å². The number of pyridine rings is 1. The summed E-state index contributed by atoms with van der Waals surface area (Å²) in [5, 5.41) is 0. The molecule has 2 aromatic rings. The van der Waals surface area contributed by atoms with Gasteiger partial charge in [0.1, 0.15) is 5.54 Å². The summed E-state index contributed by atoms with van der Waals surface area (Å²) in [4.78, 5) is 19.1. The van der Waals surface area contributed by atoms with E-state index in [2.05, 4.69) is 4.98 Å². The second-order valence-electron chi connectivity index (χ2n) is 5.79. The van der Waals surface area contributed by atoms with Crippen molar-refractivity contribution in [3.63, 3.8) is 0 Å². The lowest BCUT2D eigenvalue weighted by molar-refractivity contribution is -0.141. The van der Waals surface area contributed by atoms with Crippen LogP contribution >= 0.6 is 0 Å². The van der Waals surface area contributed by atoms with Gasteiger partial charge in [-0.2, -0.15) is 0 Å². The van der Waals surface area contributed by atoms with Gasteiger partial charge in [0.25, 0.3) is 0 Å². The average Bonchev–Trinajstić information content (AvgIpc) is 3.07. The molecule has 0 saturated heterocycles. The molecule has 1 atom stereocenters. The fourth-order valence-corrected chi connectivity index (χ4v) is 2.52. The molecule has 0 aliphatic rings. The van der Waals surface area contributed by atoms with Crippen molar-refractivity contribution in [3.8, 4) is 0 Å². The number of methoxy groups -OCH3 is 1. The van der Waals surface area contributed by atoms with E-state index in [1.54, 1.807) is 25.3 Å². The summed E-state index contributed by atoms with van der Waals surface area (Å²) < 4.78 is 7.20. The first-order valence-corrected chi connectivity index (χ1v) is 7.29. The van der Waals surface area contributed by atoms with E-state index in [9.17, 15) is 4.79 Å². The van der Waals surface area contributed by atoms with Crippen LogP contribution in [0.15, 0.2) is 48.9 Å². The van der Waals surface area contributed by atoms with E-state index >= 15 is 0 Å². The quantitative estimate of drug-likeness (QED) is 0.823. The Kier molecular flexibility index (Phi) is 4.98. The van der Waals surface area contributed by atoms with Gasteiger partial charge in [0.15, 0.2) is 0 Å². The molecule has 1 unspecified atom stereocenters. The molecule has 22 heavy (non-hydrogen) atoms. The monoisotopic (exact) mass is 301 g/mol. The molecular formula is C17H23N3O2. The molecule has 2 rings (SSSR count). The number of ether oxygens (including phenoxy) is 1. The first-order valence-electron chi connectivity index (χ1n) is 7.29. The van der Waals surface area contributed by atoms with Crippen molar-refractivity contribution >= 4 is 5.91 Å². The third kappa shape index (κ3) is 3.20. The molecular weight excluding hydrogens is 278 g/mol. The molecule has 0 spiro atoms. The largest absolute Gasteiger partial charge is 0.382 e. The summed E-state index contributed by atoms with van der Waals surface area (Å²) in [6, 6.07) is 9.31. The molecule has 5 nitrogen and oxygen atoms in total. The highest BCUT2D eigenvalue weighted by Gasteiger charge is 2.35. The molecule has 0 N–H and O–H groups in total. The van der Waals surface area contributed by atoms with Gasteiger partial charge in [-0.05, 0) is 38.1 Å². The highest BCUT2D eigenvalue weighted by molar-refractivity contribution is 5.84. The Morgan fingerprint density at radius 3 is 2.55 bits per heavy atom. The third-order valence-corrected chi connectivity index (χ3v) is 3.91. The second kappa shape index (κ2) is 6.75. The minimum absolute atomic E-state index is 0.0106. The Hall–Kier alpha value is -2.14. The van der Waals surface area contributed by atoms with Crippen LogP contribution in [-0.2, 0) is 15.1 Å². The van der Waals surface area contributed by atoms with Gasteiger partial charge < -0.3 is 14.2 Å². The second-order valence-corrected chi connectivity index (χ2v) is 5.79. The molecule has 0 aliphatic carbocycles. The van der Waals surface area contributed by atoms with Gasteiger partial charge in [-0.25, -0.2) is 0 Å². The van der Waals surface area contributed by atoms with E-state index in [1.807, 2.05) is 61.1 Å². The first-order chi connectivity index (χ1) is 10.5. The third-order valence-electron chi connectivity index (χ3n) is 3.91. The maximum Gasteiger partial charge on any atom is 0.248 e. The SMILES string of the molecule is COCC(c1ccccn1)N(C)C(=O)C(C)(C)n1cccc1. The number of likely N-dealkylation sites (N-methyl/N-ethyl adjacent to an activating group) is 1. The zero-order valence-corrected chi connectivity index (χ0v) is 13.6. The highest BCUT2D eigenvalue weighted by Crippen LogP contribution is 2.25. The summed E-state index contributed by atoms with van der Waals surface area (Å²) >= 11 is 0. The van der Waals surface area contributed by atoms with Crippen LogP contribution in [-0.4, -0.2) is 41.1 Å². The molecule has 0 aliphatic heterocycles. The van der Waals surface area contributed by atoms with Crippen LogP contribution < -0.4 is 0 Å². The number of nitrogens with zero attached hydrogens (tertiary/aromatic N) is 3. The van der Waals surface area contributed by atoms with Crippen LogP contribution in [0.4, 0.5) is 0 Å². The number of carbonyl (C=O) groups excluding carboxylic acids is 1. The van der Waals surface area contributed by atoms with Gasteiger partial charge in [0.2, 0.25) is 5.91 Å². The fourth-order valence-electron chi connectivity index (χ4n) is 2.52. The Balaban J connectivity index is 2.27. The van der Waals surface area contributed by atoms with E-state index in [0.717, 1.165) is 5.69 Å². The number of carbonyl (C=O) groups is 1. The van der Waals surface area contributed by atoms with Crippen molar-refractivity contribution in [2.24, 2.45) is 0 Å². The predicted molar refractivity (Wildman–Crippen MR) is 85.4 cm³/mol. The normalized spacial score (nSPS) is 12.9. The smallest absolute Gasteiger partial charge is 0.248 e. The van der Waals surface area contributed by atoms with E-state index < -0.39 is 5.54 Å². The van der Waals surface area contributed by atoms with Crippen LogP contribution in [0.3, 0.4) is 0 Å². The van der Waals surface area contributed by atoms with Crippen molar-refractivity contribution in [2.75, 3.05) is 20.8 Å². The zero-order chi connectivity index (χ0) is 16.2. The number of amides is 1. The van der Waals surface area contributed by atoms with E-state index in [0.29, 0.717) is 6.61 Å². The lowest BCUT2D eigenvalue weighted by atomic mass is 10.0. The summed E-state index contributed by atoms with van der Waals surface area (Å²) in [5.74, 6) is 0.0106. The Morgan fingerprint density at radius 2 is 2.00 bits per heavy atom. The highest BCUT2D eigenvalue weighted by atomic mass is 16.5. The van der Waals surface area contributed by atoms with Crippen molar-refractivity contribution < 1.29 is 9.53 Å². The molecule has 118 valence electrons. The molecule has 2 aromatic heterocycles. The minimum atomic E-state index is -0.668. The summed E-state index contributed by atoms with van der Waals surface area (Å²) in [7, 11) is 3.43. The molecule has 0 radical (unpaired) electrons. The molecule has 0 aromatic carbocycles. The van der Waals surface area contributed by atoms with Gasteiger partial charge in [-0.15, -0.1) is 0 Å². The van der Waals surface area contributed by atoms with E-state index in [4.69, 9.17) is 4.74 Å². The first kappa shape index (κ1) is 16.2. The van der Waals surface area contributed by atoms with E-state index in [-0.39, 0.29) is 11.9 Å². The molecule has 1 amide bonds. The minimum Gasteiger partial charge on any atom is -0.382 e. The maximum atomic E-state index is 13.0. The number of aromatic nitrogens is 2. The number of hydrogen-bond donors (Lipinski definition) is 0. The van der Waals surface area contributed by atoms with Crippen molar-refractivity contribution in [1.82, 2.24) is 14.5 Å². The Bertz CT molecular complexity index is 594. The van der Waals surface area contributed by atoms with Crippen LogP contribution in [0.2, 0.25) is 0 Å². The van der Waals surface area contributed by atoms with Crippen LogP contribution in [0, 0.1) is 0 Å². The molecule has 0 bridgehead atoms. The van der Waals surface area contributed by atoms with Gasteiger partial charge in [-0.1, -0.05) is 6.07 Å².